The topological polar surface area (TPSA) is 60.2 Å². The highest BCUT2D eigenvalue weighted by molar-refractivity contribution is 7.92. The van der Waals surface area contributed by atoms with E-state index in [1.165, 1.54) is 11.1 Å². The van der Waals surface area contributed by atoms with Gasteiger partial charge >= 0.3 is 0 Å². The van der Waals surface area contributed by atoms with Crippen LogP contribution in [0.4, 0.5) is 0 Å². The molecule has 0 saturated carbocycles. The van der Waals surface area contributed by atoms with Gasteiger partial charge < -0.3 is 5.73 Å². The van der Waals surface area contributed by atoms with Gasteiger partial charge in [0.2, 0.25) is 0 Å². The lowest BCUT2D eigenvalue weighted by Gasteiger charge is -2.35. The maximum Gasteiger partial charge on any atom is 0.155 e. The third kappa shape index (κ3) is 3.23. The Morgan fingerprint density at radius 1 is 1.20 bits per heavy atom. The number of hydrogen-bond donors (Lipinski definition) is 1. The highest BCUT2D eigenvalue weighted by atomic mass is 32.2. The van der Waals surface area contributed by atoms with Crippen LogP contribution < -0.4 is 5.73 Å². The molecule has 0 heterocycles. The van der Waals surface area contributed by atoms with Gasteiger partial charge in [0, 0.05) is 5.54 Å². The summed E-state index contributed by atoms with van der Waals surface area (Å²) in [7, 11) is -3.09. The molecule has 1 atom stereocenters. The van der Waals surface area contributed by atoms with Gasteiger partial charge in [-0.1, -0.05) is 24.3 Å². The quantitative estimate of drug-likeness (QED) is 0.932. The molecule has 112 valence electrons. The van der Waals surface area contributed by atoms with Crippen LogP contribution in [-0.4, -0.2) is 24.5 Å². The molecule has 1 unspecified atom stereocenters. The van der Waals surface area contributed by atoms with E-state index in [1.54, 1.807) is 20.8 Å². The summed E-state index contributed by atoms with van der Waals surface area (Å²) in [5, 5.41) is 0. The van der Waals surface area contributed by atoms with Crippen LogP contribution in [0.3, 0.4) is 0 Å². The van der Waals surface area contributed by atoms with Gasteiger partial charge in [-0.15, -0.1) is 0 Å². The molecule has 3 nitrogen and oxygen atoms in total. The van der Waals surface area contributed by atoms with Gasteiger partial charge in [-0.25, -0.2) is 8.42 Å². The molecule has 0 amide bonds. The Labute approximate surface area is 122 Å². The molecule has 0 radical (unpaired) electrons. The molecule has 1 aliphatic carbocycles. The van der Waals surface area contributed by atoms with Crippen molar-refractivity contribution < 1.29 is 8.42 Å². The highest BCUT2D eigenvalue weighted by Gasteiger charge is 2.35. The summed E-state index contributed by atoms with van der Waals surface area (Å²) in [6.45, 7) is 5.26. The molecule has 0 saturated heterocycles. The largest absolute Gasteiger partial charge is 0.325 e. The zero-order chi connectivity index (χ0) is 15.0. The third-order valence-electron chi connectivity index (χ3n) is 4.35. The van der Waals surface area contributed by atoms with Crippen molar-refractivity contribution in [3.05, 3.63) is 35.4 Å². The Bertz CT molecular complexity index is 587. The number of sulfone groups is 1. The van der Waals surface area contributed by atoms with E-state index < -0.39 is 14.6 Å². The molecule has 0 aliphatic heterocycles. The fraction of sp³-hybridized carbons (Fsp3) is 0.625. The van der Waals surface area contributed by atoms with E-state index in [9.17, 15) is 8.42 Å². The first kappa shape index (κ1) is 15.5. The van der Waals surface area contributed by atoms with Crippen LogP contribution in [0.2, 0.25) is 0 Å². The van der Waals surface area contributed by atoms with Gasteiger partial charge in [-0.3, -0.25) is 0 Å². The first-order chi connectivity index (χ1) is 9.13. The summed E-state index contributed by atoms with van der Waals surface area (Å²) in [6, 6.07) is 8.32. The van der Waals surface area contributed by atoms with E-state index in [0.717, 1.165) is 19.3 Å². The molecule has 0 bridgehead atoms. The van der Waals surface area contributed by atoms with E-state index in [1.807, 2.05) is 12.1 Å². The minimum absolute atomic E-state index is 0.176. The molecule has 1 aromatic rings. The maximum absolute atomic E-state index is 12.2. The van der Waals surface area contributed by atoms with Crippen molar-refractivity contribution in [2.24, 2.45) is 5.73 Å². The van der Waals surface area contributed by atoms with E-state index >= 15 is 0 Å². The minimum Gasteiger partial charge on any atom is -0.325 e. The molecule has 20 heavy (non-hydrogen) atoms. The Morgan fingerprint density at radius 3 is 2.40 bits per heavy atom. The monoisotopic (exact) mass is 295 g/mol. The number of nitrogens with two attached hydrogens (primary N) is 1. The summed E-state index contributed by atoms with van der Waals surface area (Å²) in [4.78, 5) is 0. The van der Waals surface area contributed by atoms with Crippen molar-refractivity contribution in [3.8, 4) is 0 Å². The number of fused-ring (bicyclic) bond motifs is 1. The molecule has 2 rings (SSSR count). The average molecular weight is 295 g/mol. The normalized spacial score (nSPS) is 23.4. The van der Waals surface area contributed by atoms with Gasteiger partial charge in [-0.2, -0.15) is 0 Å². The molecule has 0 fully saturated rings. The van der Waals surface area contributed by atoms with Crippen LogP contribution in [0.25, 0.3) is 0 Å². The van der Waals surface area contributed by atoms with Gasteiger partial charge in [0.25, 0.3) is 0 Å². The van der Waals surface area contributed by atoms with Crippen LogP contribution in [0.15, 0.2) is 24.3 Å². The highest BCUT2D eigenvalue weighted by Crippen LogP contribution is 2.30. The summed E-state index contributed by atoms with van der Waals surface area (Å²) in [6.07, 6.45) is 3.13. The Morgan fingerprint density at radius 2 is 1.80 bits per heavy atom. The van der Waals surface area contributed by atoms with E-state index in [0.29, 0.717) is 6.42 Å². The van der Waals surface area contributed by atoms with Crippen molar-refractivity contribution in [2.75, 3.05) is 5.75 Å². The third-order valence-corrected chi connectivity index (χ3v) is 6.96. The smallest absolute Gasteiger partial charge is 0.155 e. The zero-order valence-corrected chi connectivity index (χ0v) is 13.5. The van der Waals surface area contributed by atoms with Gasteiger partial charge in [0.1, 0.15) is 0 Å². The fourth-order valence-electron chi connectivity index (χ4n) is 2.68. The summed E-state index contributed by atoms with van der Waals surface area (Å²) < 4.78 is 23.8. The summed E-state index contributed by atoms with van der Waals surface area (Å²) >= 11 is 0. The van der Waals surface area contributed by atoms with Crippen molar-refractivity contribution in [2.45, 2.75) is 56.7 Å². The molecule has 2 N–H and O–H groups in total. The minimum atomic E-state index is -3.09. The van der Waals surface area contributed by atoms with Crippen LogP contribution in [0, 0.1) is 0 Å². The summed E-state index contributed by atoms with van der Waals surface area (Å²) in [5.74, 6) is 0.176. The Hall–Kier alpha value is -0.870. The number of aryl methyl sites for hydroxylation is 1. The van der Waals surface area contributed by atoms with Crippen molar-refractivity contribution in [1.82, 2.24) is 0 Å². The molecule has 4 heteroatoms. The van der Waals surface area contributed by atoms with Crippen LogP contribution in [-0.2, 0) is 22.7 Å². The standard InChI is InChI=1S/C16H25NO2S/c1-15(2,3)20(18,19)11-10-16(17)9-8-13-6-4-5-7-14(13)12-16/h4-7H,8-12,17H2,1-3H3. The lowest BCUT2D eigenvalue weighted by molar-refractivity contribution is 0.359. The molecular formula is C16H25NO2S. The van der Waals surface area contributed by atoms with Crippen LogP contribution in [0.5, 0.6) is 0 Å². The van der Waals surface area contributed by atoms with Crippen LogP contribution in [0.1, 0.15) is 44.7 Å². The maximum atomic E-state index is 12.2. The predicted molar refractivity (Wildman–Crippen MR) is 83.5 cm³/mol. The first-order valence-electron chi connectivity index (χ1n) is 7.21. The van der Waals surface area contributed by atoms with E-state index in [-0.39, 0.29) is 11.3 Å². The number of benzene rings is 1. The molecule has 1 aromatic carbocycles. The second kappa shape index (κ2) is 5.15. The second-order valence-corrected chi connectivity index (χ2v) is 9.85. The predicted octanol–water partition coefficient (Wildman–Crippen LogP) is 2.48. The van der Waals surface area contributed by atoms with E-state index in [2.05, 4.69) is 12.1 Å². The summed E-state index contributed by atoms with van der Waals surface area (Å²) in [5.41, 5.74) is 8.70. The number of rotatable bonds is 3. The lowest BCUT2D eigenvalue weighted by atomic mass is 9.77. The van der Waals surface area contributed by atoms with E-state index in [4.69, 9.17) is 5.73 Å². The molecule has 1 aliphatic rings. The average Bonchev–Trinajstić information content (AvgIpc) is 2.35. The Balaban J connectivity index is 2.08. The second-order valence-electron chi connectivity index (χ2n) is 6.99. The first-order valence-corrected chi connectivity index (χ1v) is 8.86. The zero-order valence-electron chi connectivity index (χ0n) is 12.6. The van der Waals surface area contributed by atoms with Crippen molar-refractivity contribution in [1.29, 1.82) is 0 Å². The van der Waals surface area contributed by atoms with Crippen LogP contribution >= 0.6 is 0 Å². The van der Waals surface area contributed by atoms with Gasteiger partial charge in [-0.05, 0) is 57.6 Å². The lowest BCUT2D eigenvalue weighted by Crippen LogP contribution is -2.47. The Kier molecular flexibility index (Phi) is 4.00. The SMILES string of the molecule is CC(C)(C)S(=O)(=O)CCC1(N)CCc2ccccc2C1. The van der Waals surface area contributed by atoms with Crippen molar-refractivity contribution >= 4 is 9.84 Å². The van der Waals surface area contributed by atoms with Gasteiger partial charge in [0.05, 0.1) is 10.5 Å². The van der Waals surface area contributed by atoms with Gasteiger partial charge in [0.15, 0.2) is 9.84 Å². The van der Waals surface area contributed by atoms with Crippen molar-refractivity contribution in [3.63, 3.8) is 0 Å². The number of hydrogen-bond acceptors (Lipinski definition) is 3. The molecule has 0 aromatic heterocycles. The molecule has 0 spiro atoms. The fourth-order valence-corrected chi connectivity index (χ4v) is 3.97. The molecular weight excluding hydrogens is 270 g/mol.